The summed E-state index contributed by atoms with van der Waals surface area (Å²) in [5, 5.41) is 0. The summed E-state index contributed by atoms with van der Waals surface area (Å²) in [6, 6.07) is 4.72. The molecule has 3 N–H and O–H groups in total. The van der Waals surface area contributed by atoms with Gasteiger partial charge in [-0.2, -0.15) is 0 Å². The fraction of sp³-hybridized carbons (Fsp3) is 0.500. The van der Waals surface area contributed by atoms with Gasteiger partial charge in [-0.25, -0.2) is 13.1 Å². The maximum atomic E-state index is 12.2. The molecule has 0 saturated carbocycles. The highest BCUT2D eigenvalue weighted by Crippen LogP contribution is 2.23. The lowest BCUT2D eigenvalue weighted by Gasteiger charge is -2.25. The largest absolute Gasteiger partial charge is 0.398 e. The highest BCUT2D eigenvalue weighted by atomic mass is 79.9. The summed E-state index contributed by atoms with van der Waals surface area (Å²) in [4.78, 5) is 0.0640. The van der Waals surface area contributed by atoms with E-state index in [-0.39, 0.29) is 17.1 Å². The summed E-state index contributed by atoms with van der Waals surface area (Å²) in [5.74, 6) is 0. The van der Waals surface area contributed by atoms with Crippen LogP contribution in [0.25, 0.3) is 0 Å². The van der Waals surface area contributed by atoms with Crippen molar-refractivity contribution in [3.63, 3.8) is 0 Å². The lowest BCUT2D eigenvalue weighted by molar-refractivity contribution is -0.00514. The molecular formula is C12H19BrN2O3S. The molecule has 0 aliphatic heterocycles. The number of nitrogens with one attached hydrogen (secondary N) is 1. The Balaban J connectivity index is 2.90. The van der Waals surface area contributed by atoms with Crippen LogP contribution in [-0.2, 0) is 14.8 Å². The molecule has 1 aromatic carbocycles. The van der Waals surface area contributed by atoms with Crippen LogP contribution in [0.1, 0.15) is 20.8 Å². The van der Waals surface area contributed by atoms with Crippen molar-refractivity contribution in [3.8, 4) is 0 Å². The average Bonchev–Trinajstić information content (AvgIpc) is 2.30. The van der Waals surface area contributed by atoms with Gasteiger partial charge in [0.1, 0.15) is 4.90 Å². The molecule has 7 heteroatoms. The lowest BCUT2D eigenvalue weighted by Crippen LogP contribution is -2.40. The van der Waals surface area contributed by atoms with E-state index in [0.717, 1.165) is 0 Å². The first-order valence-corrected chi connectivity index (χ1v) is 8.14. The molecule has 108 valence electrons. The molecule has 1 aromatic rings. The van der Waals surface area contributed by atoms with Crippen molar-refractivity contribution in [1.29, 1.82) is 0 Å². The third-order valence-electron chi connectivity index (χ3n) is 2.49. The SMILES string of the molecule is CCOC(C)(C)CNS(=O)(=O)c1cc(Br)ccc1N. The van der Waals surface area contributed by atoms with Crippen molar-refractivity contribution in [2.75, 3.05) is 18.9 Å². The second-order valence-corrected chi connectivity index (χ2v) is 7.35. The molecular weight excluding hydrogens is 332 g/mol. The van der Waals surface area contributed by atoms with Gasteiger partial charge in [0.05, 0.1) is 11.3 Å². The van der Waals surface area contributed by atoms with Crippen molar-refractivity contribution in [2.45, 2.75) is 31.3 Å². The number of hydrogen-bond acceptors (Lipinski definition) is 4. The van der Waals surface area contributed by atoms with E-state index in [1.165, 1.54) is 6.07 Å². The van der Waals surface area contributed by atoms with Gasteiger partial charge >= 0.3 is 0 Å². The van der Waals surface area contributed by atoms with Crippen molar-refractivity contribution >= 4 is 31.6 Å². The van der Waals surface area contributed by atoms with Crippen LogP contribution < -0.4 is 10.5 Å². The van der Waals surface area contributed by atoms with E-state index >= 15 is 0 Å². The molecule has 0 fully saturated rings. The fourth-order valence-corrected chi connectivity index (χ4v) is 3.40. The zero-order chi connectivity index (χ0) is 14.7. The minimum Gasteiger partial charge on any atom is -0.398 e. The normalized spacial score (nSPS) is 12.6. The molecule has 5 nitrogen and oxygen atoms in total. The van der Waals surface area contributed by atoms with Gasteiger partial charge in [0.2, 0.25) is 10.0 Å². The first-order chi connectivity index (χ1) is 8.68. The number of ether oxygens (including phenoxy) is 1. The fourth-order valence-electron chi connectivity index (χ4n) is 1.53. The minimum atomic E-state index is -3.65. The first-order valence-electron chi connectivity index (χ1n) is 5.86. The van der Waals surface area contributed by atoms with E-state index in [2.05, 4.69) is 20.7 Å². The zero-order valence-corrected chi connectivity index (χ0v) is 13.6. The number of halogens is 1. The number of sulfonamides is 1. The van der Waals surface area contributed by atoms with Gasteiger partial charge in [0.25, 0.3) is 0 Å². The smallest absolute Gasteiger partial charge is 0.242 e. The molecule has 1 rings (SSSR count). The molecule has 0 aliphatic carbocycles. The van der Waals surface area contributed by atoms with Crippen LogP contribution in [0.3, 0.4) is 0 Å². The lowest BCUT2D eigenvalue weighted by atomic mass is 10.1. The highest BCUT2D eigenvalue weighted by molar-refractivity contribution is 9.10. The zero-order valence-electron chi connectivity index (χ0n) is 11.2. The highest BCUT2D eigenvalue weighted by Gasteiger charge is 2.23. The van der Waals surface area contributed by atoms with Crippen LogP contribution in [0.4, 0.5) is 5.69 Å². The Morgan fingerprint density at radius 3 is 2.63 bits per heavy atom. The number of benzene rings is 1. The second kappa shape index (κ2) is 6.21. The summed E-state index contributed by atoms with van der Waals surface area (Å²) in [5.41, 5.74) is 5.35. The molecule has 0 unspecified atom stereocenters. The van der Waals surface area contributed by atoms with E-state index in [1.54, 1.807) is 12.1 Å². The third-order valence-corrected chi connectivity index (χ3v) is 4.44. The third kappa shape index (κ3) is 4.76. The van der Waals surface area contributed by atoms with E-state index in [1.807, 2.05) is 20.8 Å². The van der Waals surface area contributed by atoms with Crippen molar-refractivity contribution < 1.29 is 13.2 Å². The number of rotatable bonds is 6. The van der Waals surface area contributed by atoms with Gasteiger partial charge < -0.3 is 10.5 Å². The number of hydrogen-bond donors (Lipinski definition) is 2. The molecule has 0 spiro atoms. The van der Waals surface area contributed by atoms with Crippen LogP contribution in [0.2, 0.25) is 0 Å². The van der Waals surface area contributed by atoms with Crippen LogP contribution in [0.5, 0.6) is 0 Å². The second-order valence-electron chi connectivity index (χ2n) is 4.70. The molecule has 0 amide bonds. The van der Waals surface area contributed by atoms with Crippen LogP contribution in [0.15, 0.2) is 27.6 Å². The maximum absolute atomic E-state index is 12.2. The van der Waals surface area contributed by atoms with Crippen molar-refractivity contribution in [1.82, 2.24) is 4.72 Å². The molecule has 19 heavy (non-hydrogen) atoms. The Hall–Kier alpha value is -0.630. The monoisotopic (exact) mass is 350 g/mol. The Kier molecular flexibility index (Phi) is 5.37. The number of anilines is 1. The maximum Gasteiger partial charge on any atom is 0.242 e. The summed E-state index contributed by atoms with van der Waals surface area (Å²) in [6.07, 6.45) is 0. The van der Waals surface area contributed by atoms with Crippen molar-refractivity contribution in [2.24, 2.45) is 0 Å². The number of nitrogen functional groups attached to an aromatic ring is 1. The van der Waals surface area contributed by atoms with E-state index in [9.17, 15) is 8.42 Å². The Morgan fingerprint density at radius 2 is 2.05 bits per heavy atom. The summed E-state index contributed by atoms with van der Waals surface area (Å²) >= 11 is 3.23. The molecule has 0 heterocycles. The Bertz CT molecular complexity index is 544. The van der Waals surface area contributed by atoms with E-state index in [0.29, 0.717) is 11.1 Å². The van der Waals surface area contributed by atoms with Gasteiger partial charge in [0.15, 0.2) is 0 Å². The number of nitrogens with two attached hydrogens (primary N) is 1. The standard InChI is InChI=1S/C12H19BrN2O3S/c1-4-18-12(2,3)8-15-19(16,17)11-7-9(13)5-6-10(11)14/h5-7,15H,4,8,14H2,1-3H3. The first kappa shape index (κ1) is 16.4. The van der Waals surface area contributed by atoms with Crippen molar-refractivity contribution in [3.05, 3.63) is 22.7 Å². The van der Waals surface area contributed by atoms with E-state index < -0.39 is 15.6 Å². The van der Waals surface area contributed by atoms with Crippen LogP contribution in [0, 0.1) is 0 Å². The Labute approximate surface area is 122 Å². The van der Waals surface area contributed by atoms with Gasteiger partial charge in [-0.15, -0.1) is 0 Å². The van der Waals surface area contributed by atoms with Gasteiger partial charge in [-0.1, -0.05) is 15.9 Å². The van der Waals surface area contributed by atoms with Gasteiger partial charge in [-0.3, -0.25) is 0 Å². The summed E-state index contributed by atoms with van der Waals surface area (Å²) in [6.45, 7) is 6.21. The summed E-state index contributed by atoms with van der Waals surface area (Å²) < 4.78 is 33.0. The average molecular weight is 351 g/mol. The van der Waals surface area contributed by atoms with Crippen LogP contribution >= 0.6 is 15.9 Å². The molecule has 0 atom stereocenters. The quantitative estimate of drug-likeness (QED) is 0.770. The minimum absolute atomic E-state index is 0.0640. The molecule has 0 bridgehead atoms. The topological polar surface area (TPSA) is 81.4 Å². The predicted octanol–water partition coefficient (Wildman–Crippen LogP) is 2.12. The molecule has 0 radical (unpaired) electrons. The van der Waals surface area contributed by atoms with Gasteiger partial charge in [-0.05, 0) is 39.0 Å². The molecule has 0 aliphatic rings. The van der Waals surface area contributed by atoms with Crippen LogP contribution in [-0.4, -0.2) is 27.2 Å². The predicted molar refractivity (Wildman–Crippen MR) is 79.4 cm³/mol. The van der Waals surface area contributed by atoms with Gasteiger partial charge in [0, 0.05) is 17.6 Å². The molecule has 0 aromatic heterocycles. The molecule has 0 saturated heterocycles. The Morgan fingerprint density at radius 1 is 1.42 bits per heavy atom. The van der Waals surface area contributed by atoms with E-state index in [4.69, 9.17) is 10.5 Å². The summed E-state index contributed by atoms with van der Waals surface area (Å²) in [7, 11) is -3.65.